The van der Waals surface area contributed by atoms with Crippen LogP contribution in [0.2, 0.25) is 0 Å². The SMILES string of the molecule is CC(C)c1cc(C(F)(F)F)nc(Br)n1. The first-order valence-electron chi connectivity index (χ1n) is 3.92. The highest BCUT2D eigenvalue weighted by molar-refractivity contribution is 9.10. The molecule has 0 aliphatic heterocycles. The Hall–Kier alpha value is -0.650. The smallest absolute Gasteiger partial charge is 0.227 e. The highest BCUT2D eigenvalue weighted by Gasteiger charge is 2.33. The van der Waals surface area contributed by atoms with Crippen LogP contribution in [0.3, 0.4) is 0 Å². The van der Waals surface area contributed by atoms with Crippen LogP contribution in [0.5, 0.6) is 0 Å². The Morgan fingerprint density at radius 1 is 1.29 bits per heavy atom. The van der Waals surface area contributed by atoms with Gasteiger partial charge in [-0.05, 0) is 27.9 Å². The molecule has 0 fully saturated rings. The first-order chi connectivity index (χ1) is 6.30. The fraction of sp³-hybridized carbons (Fsp3) is 0.500. The average Bonchev–Trinajstić information content (AvgIpc) is 2.01. The van der Waals surface area contributed by atoms with Gasteiger partial charge >= 0.3 is 6.18 Å². The third-order valence-corrected chi connectivity index (χ3v) is 1.96. The Balaban J connectivity index is 3.21. The largest absolute Gasteiger partial charge is 0.433 e. The lowest BCUT2D eigenvalue weighted by Crippen LogP contribution is -2.10. The van der Waals surface area contributed by atoms with Crippen molar-refractivity contribution in [3.63, 3.8) is 0 Å². The van der Waals surface area contributed by atoms with Gasteiger partial charge in [0.1, 0.15) is 5.69 Å². The van der Waals surface area contributed by atoms with Crippen molar-refractivity contribution in [1.82, 2.24) is 9.97 Å². The van der Waals surface area contributed by atoms with E-state index >= 15 is 0 Å². The summed E-state index contributed by atoms with van der Waals surface area (Å²) in [4.78, 5) is 7.12. The molecule has 0 saturated heterocycles. The molecule has 0 saturated carbocycles. The summed E-state index contributed by atoms with van der Waals surface area (Å²) in [5.74, 6) is -0.0598. The second kappa shape index (κ2) is 3.84. The molecular formula is C8H8BrF3N2. The monoisotopic (exact) mass is 268 g/mol. The van der Waals surface area contributed by atoms with Gasteiger partial charge in [0.2, 0.25) is 0 Å². The van der Waals surface area contributed by atoms with Crippen molar-refractivity contribution in [2.24, 2.45) is 0 Å². The van der Waals surface area contributed by atoms with Crippen LogP contribution in [0.25, 0.3) is 0 Å². The number of rotatable bonds is 1. The minimum absolute atomic E-state index is 0.0315. The number of hydrogen-bond acceptors (Lipinski definition) is 2. The van der Waals surface area contributed by atoms with Crippen LogP contribution in [-0.4, -0.2) is 9.97 Å². The average molecular weight is 269 g/mol. The summed E-state index contributed by atoms with van der Waals surface area (Å²) in [6.45, 7) is 3.55. The van der Waals surface area contributed by atoms with Gasteiger partial charge in [-0.3, -0.25) is 0 Å². The van der Waals surface area contributed by atoms with Crippen molar-refractivity contribution in [3.8, 4) is 0 Å². The first-order valence-corrected chi connectivity index (χ1v) is 4.71. The van der Waals surface area contributed by atoms with Crippen molar-refractivity contribution in [3.05, 3.63) is 22.2 Å². The summed E-state index contributed by atoms with van der Waals surface area (Å²) in [7, 11) is 0. The molecule has 0 atom stereocenters. The van der Waals surface area contributed by atoms with E-state index in [4.69, 9.17) is 0 Å². The van der Waals surface area contributed by atoms with E-state index in [9.17, 15) is 13.2 Å². The van der Waals surface area contributed by atoms with Crippen molar-refractivity contribution < 1.29 is 13.2 Å². The molecule has 0 unspecified atom stereocenters. The molecule has 1 heterocycles. The van der Waals surface area contributed by atoms with Gasteiger partial charge < -0.3 is 0 Å². The Bertz CT molecular complexity index is 336. The molecule has 1 aromatic heterocycles. The van der Waals surface area contributed by atoms with Crippen LogP contribution in [-0.2, 0) is 6.18 Å². The molecule has 1 aromatic rings. The Labute approximate surface area is 87.7 Å². The van der Waals surface area contributed by atoms with Crippen LogP contribution in [0.1, 0.15) is 31.2 Å². The molecule has 78 valence electrons. The number of hydrogen-bond donors (Lipinski definition) is 0. The van der Waals surface area contributed by atoms with E-state index in [0.717, 1.165) is 6.07 Å². The van der Waals surface area contributed by atoms with Gasteiger partial charge in [0.15, 0.2) is 4.73 Å². The normalized spacial score (nSPS) is 12.2. The summed E-state index contributed by atoms with van der Waals surface area (Å²) in [6, 6.07) is 0.968. The minimum atomic E-state index is -4.42. The summed E-state index contributed by atoms with van der Waals surface area (Å²) >= 11 is 2.85. The molecule has 0 bridgehead atoms. The number of alkyl halides is 3. The number of nitrogens with zero attached hydrogens (tertiary/aromatic N) is 2. The third-order valence-electron chi connectivity index (χ3n) is 1.60. The fourth-order valence-electron chi connectivity index (χ4n) is 0.877. The lowest BCUT2D eigenvalue weighted by molar-refractivity contribution is -0.141. The van der Waals surface area contributed by atoms with E-state index in [0.29, 0.717) is 5.69 Å². The minimum Gasteiger partial charge on any atom is -0.227 e. The van der Waals surface area contributed by atoms with Gasteiger partial charge in [0.25, 0.3) is 0 Å². The molecule has 2 nitrogen and oxygen atoms in total. The maximum Gasteiger partial charge on any atom is 0.433 e. The van der Waals surface area contributed by atoms with Crippen LogP contribution in [0, 0.1) is 0 Å². The van der Waals surface area contributed by atoms with Crippen molar-refractivity contribution in [2.75, 3.05) is 0 Å². The Morgan fingerprint density at radius 3 is 2.29 bits per heavy atom. The van der Waals surface area contributed by atoms with E-state index in [1.54, 1.807) is 13.8 Å². The van der Waals surface area contributed by atoms with Crippen LogP contribution in [0.4, 0.5) is 13.2 Å². The quantitative estimate of drug-likeness (QED) is 0.730. The zero-order valence-electron chi connectivity index (χ0n) is 7.56. The van der Waals surface area contributed by atoms with E-state index < -0.39 is 11.9 Å². The molecule has 0 aliphatic rings. The van der Waals surface area contributed by atoms with Gasteiger partial charge in [-0.2, -0.15) is 13.2 Å². The molecule has 1 rings (SSSR count). The fourth-order valence-corrected chi connectivity index (χ4v) is 1.27. The second-order valence-corrected chi connectivity index (χ2v) is 3.81. The van der Waals surface area contributed by atoms with Crippen molar-refractivity contribution in [1.29, 1.82) is 0 Å². The van der Waals surface area contributed by atoms with Gasteiger partial charge in [0.05, 0.1) is 0 Å². The standard InChI is InChI=1S/C8H8BrF3N2/c1-4(2)5-3-6(8(10,11)12)14-7(9)13-5/h3-4H,1-2H3. The summed E-state index contributed by atoms with van der Waals surface area (Å²) in [6.07, 6.45) is -4.42. The van der Waals surface area contributed by atoms with Crippen molar-refractivity contribution >= 4 is 15.9 Å². The maximum absolute atomic E-state index is 12.3. The summed E-state index contributed by atoms with van der Waals surface area (Å²) in [5.41, 5.74) is -0.540. The molecule has 0 radical (unpaired) electrons. The van der Waals surface area contributed by atoms with E-state index in [2.05, 4.69) is 25.9 Å². The number of aromatic nitrogens is 2. The predicted molar refractivity (Wildman–Crippen MR) is 48.8 cm³/mol. The lowest BCUT2D eigenvalue weighted by Gasteiger charge is -2.09. The molecular weight excluding hydrogens is 261 g/mol. The van der Waals surface area contributed by atoms with Crippen LogP contribution in [0.15, 0.2) is 10.8 Å². The molecule has 6 heteroatoms. The van der Waals surface area contributed by atoms with E-state index in [1.807, 2.05) is 0 Å². The summed E-state index contributed by atoms with van der Waals surface area (Å²) < 4.78 is 36.9. The van der Waals surface area contributed by atoms with E-state index in [-0.39, 0.29) is 10.7 Å². The second-order valence-electron chi connectivity index (χ2n) is 3.10. The lowest BCUT2D eigenvalue weighted by atomic mass is 10.1. The van der Waals surface area contributed by atoms with Crippen molar-refractivity contribution in [2.45, 2.75) is 25.9 Å². The molecule has 0 N–H and O–H groups in total. The van der Waals surface area contributed by atoms with Gasteiger partial charge in [0, 0.05) is 5.69 Å². The molecule has 0 spiro atoms. The van der Waals surface area contributed by atoms with Crippen LogP contribution < -0.4 is 0 Å². The molecule has 14 heavy (non-hydrogen) atoms. The highest BCUT2D eigenvalue weighted by atomic mass is 79.9. The first kappa shape index (κ1) is 11.4. The predicted octanol–water partition coefficient (Wildman–Crippen LogP) is 3.38. The third kappa shape index (κ3) is 2.67. The van der Waals surface area contributed by atoms with Crippen LogP contribution >= 0.6 is 15.9 Å². The Morgan fingerprint density at radius 2 is 1.86 bits per heavy atom. The maximum atomic E-state index is 12.3. The van der Waals surface area contributed by atoms with Gasteiger partial charge in [-0.25, -0.2) is 9.97 Å². The molecule has 0 aromatic carbocycles. The highest BCUT2D eigenvalue weighted by Crippen LogP contribution is 2.29. The zero-order valence-corrected chi connectivity index (χ0v) is 9.15. The molecule has 0 aliphatic carbocycles. The van der Waals surface area contributed by atoms with Gasteiger partial charge in [-0.1, -0.05) is 13.8 Å². The van der Waals surface area contributed by atoms with E-state index in [1.165, 1.54) is 0 Å². The Kier molecular flexibility index (Phi) is 3.14. The summed E-state index contributed by atoms with van der Waals surface area (Å²) in [5, 5.41) is 0. The van der Waals surface area contributed by atoms with Gasteiger partial charge in [-0.15, -0.1) is 0 Å². The topological polar surface area (TPSA) is 25.8 Å². The number of halogens is 4. The molecule has 0 amide bonds. The zero-order chi connectivity index (χ0) is 10.9.